The summed E-state index contributed by atoms with van der Waals surface area (Å²) in [7, 11) is 0. The number of carbonyl (C=O) groups excluding carboxylic acids is 2. The van der Waals surface area contributed by atoms with Gasteiger partial charge in [0.1, 0.15) is 0 Å². The lowest BCUT2D eigenvalue weighted by Crippen LogP contribution is -2.27. The van der Waals surface area contributed by atoms with Crippen LogP contribution in [0.25, 0.3) is 10.9 Å². The lowest BCUT2D eigenvalue weighted by molar-refractivity contribution is -0.119. The fourth-order valence-corrected chi connectivity index (χ4v) is 4.77. The summed E-state index contributed by atoms with van der Waals surface area (Å²) in [5.74, 6) is 1.40. The quantitative estimate of drug-likeness (QED) is 0.567. The van der Waals surface area contributed by atoms with Gasteiger partial charge in [0.2, 0.25) is 18.6 Å². The van der Waals surface area contributed by atoms with Crippen LogP contribution in [0.3, 0.4) is 0 Å². The first kappa shape index (κ1) is 22.3. The Morgan fingerprint density at radius 3 is 2.50 bits per heavy atom. The molecule has 0 bridgehead atoms. The Bertz CT molecular complexity index is 1280. The summed E-state index contributed by atoms with van der Waals surface area (Å²) in [4.78, 5) is 24.7. The van der Waals surface area contributed by atoms with Gasteiger partial charge < -0.3 is 24.7 Å². The van der Waals surface area contributed by atoms with Gasteiger partial charge in [0.25, 0.3) is 0 Å². The highest BCUT2D eigenvalue weighted by atomic mass is 16.7. The Balaban J connectivity index is 1.40. The Kier molecular flexibility index (Phi) is 5.30. The third kappa shape index (κ3) is 4.00. The molecule has 2 heterocycles. The second kappa shape index (κ2) is 8.08. The van der Waals surface area contributed by atoms with Crippen LogP contribution in [0.5, 0.6) is 11.5 Å². The molecule has 3 aromatic rings. The van der Waals surface area contributed by atoms with E-state index in [2.05, 4.69) is 42.0 Å². The van der Waals surface area contributed by atoms with Gasteiger partial charge in [0.15, 0.2) is 11.5 Å². The fraction of sp³-hybridized carbons (Fsp3) is 0.407. The van der Waals surface area contributed by atoms with Crippen LogP contribution in [0.1, 0.15) is 51.8 Å². The normalized spacial score (nSPS) is 15.9. The number of benzene rings is 2. The highest BCUT2D eigenvalue weighted by Crippen LogP contribution is 2.51. The van der Waals surface area contributed by atoms with Gasteiger partial charge in [-0.15, -0.1) is 0 Å². The molecule has 2 aliphatic rings. The van der Waals surface area contributed by atoms with Crippen LogP contribution >= 0.6 is 0 Å². The molecule has 5 rings (SSSR count). The molecule has 178 valence electrons. The van der Waals surface area contributed by atoms with Crippen molar-refractivity contribution in [2.45, 2.75) is 57.9 Å². The van der Waals surface area contributed by atoms with Crippen molar-refractivity contribution < 1.29 is 19.1 Å². The molecule has 0 atom stereocenters. The first-order valence-corrected chi connectivity index (χ1v) is 11.8. The number of hydrogen-bond donors (Lipinski definition) is 2. The second-order valence-electron chi connectivity index (χ2n) is 10.3. The summed E-state index contributed by atoms with van der Waals surface area (Å²) >= 11 is 0. The van der Waals surface area contributed by atoms with Crippen molar-refractivity contribution in [3.8, 4) is 11.5 Å². The SMILES string of the molecule is CC(=O)NCCn1c(C(C)(C)C)cc2cc(NC(=O)C3(c4ccc5c(c4)OCO5)CC3)ccc21. The Morgan fingerprint density at radius 2 is 1.79 bits per heavy atom. The molecule has 0 spiro atoms. The van der Waals surface area contributed by atoms with E-state index in [4.69, 9.17) is 9.47 Å². The van der Waals surface area contributed by atoms with Gasteiger partial charge in [0, 0.05) is 47.7 Å². The van der Waals surface area contributed by atoms with E-state index in [1.807, 2.05) is 36.4 Å². The highest BCUT2D eigenvalue weighted by Gasteiger charge is 2.51. The topological polar surface area (TPSA) is 81.6 Å². The minimum absolute atomic E-state index is 0.00634. The Labute approximate surface area is 199 Å². The smallest absolute Gasteiger partial charge is 0.235 e. The number of anilines is 1. The minimum Gasteiger partial charge on any atom is -0.454 e. The third-order valence-corrected chi connectivity index (χ3v) is 6.75. The molecule has 1 aliphatic heterocycles. The van der Waals surface area contributed by atoms with Crippen LogP contribution in [0.2, 0.25) is 0 Å². The van der Waals surface area contributed by atoms with Gasteiger partial charge in [-0.1, -0.05) is 26.8 Å². The predicted molar refractivity (Wildman–Crippen MR) is 131 cm³/mol. The van der Waals surface area contributed by atoms with E-state index in [0.717, 1.165) is 40.7 Å². The maximum Gasteiger partial charge on any atom is 0.235 e. The van der Waals surface area contributed by atoms with E-state index < -0.39 is 5.41 Å². The van der Waals surface area contributed by atoms with Crippen molar-refractivity contribution in [3.05, 3.63) is 53.7 Å². The Morgan fingerprint density at radius 1 is 1.03 bits per heavy atom. The lowest BCUT2D eigenvalue weighted by atomic mass is 9.92. The van der Waals surface area contributed by atoms with E-state index in [0.29, 0.717) is 18.8 Å². The van der Waals surface area contributed by atoms with E-state index in [1.54, 1.807) is 0 Å². The standard InChI is InChI=1S/C27H31N3O4/c1-17(31)28-11-12-30-21-7-6-20(13-18(21)14-24(30)26(2,3)4)29-25(32)27(9-10-27)19-5-8-22-23(15-19)34-16-33-22/h5-8,13-15H,9-12,16H2,1-4H3,(H,28,31)(H,29,32). The summed E-state index contributed by atoms with van der Waals surface area (Å²) in [5, 5.41) is 7.11. The van der Waals surface area contributed by atoms with Crippen LogP contribution in [-0.2, 0) is 27.0 Å². The van der Waals surface area contributed by atoms with Crippen molar-refractivity contribution in [1.29, 1.82) is 0 Å². The number of nitrogens with zero attached hydrogens (tertiary/aromatic N) is 1. The summed E-state index contributed by atoms with van der Waals surface area (Å²) in [6, 6.07) is 14.0. The lowest BCUT2D eigenvalue weighted by Gasteiger charge is -2.22. The zero-order valence-electron chi connectivity index (χ0n) is 20.2. The average molecular weight is 462 g/mol. The van der Waals surface area contributed by atoms with E-state index in [-0.39, 0.29) is 24.0 Å². The van der Waals surface area contributed by atoms with Crippen molar-refractivity contribution in [3.63, 3.8) is 0 Å². The second-order valence-corrected chi connectivity index (χ2v) is 10.3. The first-order chi connectivity index (χ1) is 16.2. The molecule has 1 aliphatic carbocycles. The average Bonchev–Trinajstić information content (AvgIpc) is 3.31. The summed E-state index contributed by atoms with van der Waals surface area (Å²) in [5.41, 5.74) is 3.45. The monoisotopic (exact) mass is 461 g/mol. The Hall–Kier alpha value is -3.48. The number of amides is 2. The largest absolute Gasteiger partial charge is 0.454 e. The summed E-state index contributed by atoms with van der Waals surface area (Å²) in [6.07, 6.45) is 1.63. The van der Waals surface area contributed by atoms with Crippen LogP contribution in [0.15, 0.2) is 42.5 Å². The van der Waals surface area contributed by atoms with Gasteiger partial charge in [-0.2, -0.15) is 0 Å². The molecular weight excluding hydrogens is 430 g/mol. The van der Waals surface area contributed by atoms with Crippen molar-refractivity contribution in [1.82, 2.24) is 9.88 Å². The molecule has 1 aromatic heterocycles. The maximum absolute atomic E-state index is 13.3. The number of rotatable bonds is 6. The number of aromatic nitrogens is 1. The van der Waals surface area contributed by atoms with Crippen LogP contribution < -0.4 is 20.1 Å². The number of fused-ring (bicyclic) bond motifs is 2. The number of nitrogens with one attached hydrogen (secondary N) is 2. The van der Waals surface area contributed by atoms with Crippen LogP contribution in [0.4, 0.5) is 5.69 Å². The third-order valence-electron chi connectivity index (χ3n) is 6.75. The zero-order valence-corrected chi connectivity index (χ0v) is 20.2. The van der Waals surface area contributed by atoms with Crippen LogP contribution in [0, 0.1) is 0 Å². The molecule has 0 unspecified atom stereocenters. The summed E-state index contributed by atoms with van der Waals surface area (Å²) in [6.45, 7) is 9.55. The van der Waals surface area contributed by atoms with E-state index >= 15 is 0 Å². The molecule has 7 nitrogen and oxygen atoms in total. The molecule has 2 amide bonds. The fourth-order valence-electron chi connectivity index (χ4n) is 4.77. The van der Waals surface area contributed by atoms with E-state index in [1.165, 1.54) is 12.6 Å². The molecule has 2 aromatic carbocycles. The predicted octanol–water partition coefficient (Wildman–Crippen LogP) is 4.47. The number of ether oxygens (including phenoxy) is 2. The molecular formula is C27H31N3O4. The summed E-state index contributed by atoms with van der Waals surface area (Å²) < 4.78 is 13.2. The first-order valence-electron chi connectivity index (χ1n) is 11.8. The maximum atomic E-state index is 13.3. The number of hydrogen-bond acceptors (Lipinski definition) is 4. The van der Waals surface area contributed by atoms with Crippen LogP contribution in [-0.4, -0.2) is 29.7 Å². The van der Waals surface area contributed by atoms with Gasteiger partial charge >= 0.3 is 0 Å². The molecule has 1 saturated carbocycles. The molecule has 7 heteroatoms. The molecule has 0 saturated heterocycles. The van der Waals surface area contributed by atoms with Gasteiger partial charge in [-0.25, -0.2) is 0 Å². The highest BCUT2D eigenvalue weighted by molar-refractivity contribution is 6.02. The minimum atomic E-state index is -0.517. The molecule has 0 radical (unpaired) electrons. The molecule has 34 heavy (non-hydrogen) atoms. The van der Waals surface area contributed by atoms with Crippen molar-refractivity contribution in [2.24, 2.45) is 0 Å². The van der Waals surface area contributed by atoms with Gasteiger partial charge in [-0.3, -0.25) is 9.59 Å². The van der Waals surface area contributed by atoms with E-state index in [9.17, 15) is 9.59 Å². The molecule has 2 N–H and O–H groups in total. The van der Waals surface area contributed by atoms with Gasteiger partial charge in [-0.05, 0) is 54.8 Å². The van der Waals surface area contributed by atoms with Gasteiger partial charge in [0.05, 0.1) is 5.41 Å². The van der Waals surface area contributed by atoms with Crippen molar-refractivity contribution >= 4 is 28.4 Å². The van der Waals surface area contributed by atoms with Crippen molar-refractivity contribution in [2.75, 3.05) is 18.7 Å². The zero-order chi connectivity index (χ0) is 24.1. The molecule has 1 fully saturated rings. The number of carbonyl (C=O) groups is 2.